The Bertz CT molecular complexity index is 198. The number of halogens is 1. The predicted molar refractivity (Wildman–Crippen MR) is 73.4 cm³/mol. The van der Waals surface area contributed by atoms with Crippen LogP contribution in [0.1, 0.15) is 26.2 Å². The fourth-order valence-corrected chi connectivity index (χ4v) is 2.52. The second-order valence-electron chi connectivity index (χ2n) is 4.32. The van der Waals surface area contributed by atoms with E-state index in [4.69, 9.17) is 0 Å². The van der Waals surface area contributed by atoms with E-state index in [9.17, 15) is 4.79 Å². The lowest BCUT2D eigenvalue weighted by Crippen LogP contribution is -2.34. The zero-order valence-corrected chi connectivity index (χ0v) is 11.8. The van der Waals surface area contributed by atoms with E-state index in [1.807, 2.05) is 0 Å². The summed E-state index contributed by atoms with van der Waals surface area (Å²) in [7, 11) is 0. The number of carbonyl (C=O) groups excluding carboxylic acids is 1. The molecule has 1 fully saturated rings. The first-order valence-corrected chi connectivity index (χ1v) is 7.10. The topological polar surface area (TPSA) is 41.1 Å². The molecule has 0 radical (unpaired) electrons. The van der Waals surface area contributed by atoms with E-state index in [-0.39, 0.29) is 18.3 Å². The van der Waals surface area contributed by atoms with Crippen molar-refractivity contribution in [3.05, 3.63) is 0 Å². The number of amides is 1. The quantitative estimate of drug-likeness (QED) is 0.768. The molecule has 16 heavy (non-hydrogen) atoms. The van der Waals surface area contributed by atoms with E-state index in [1.54, 1.807) is 11.8 Å². The maximum atomic E-state index is 11.5. The summed E-state index contributed by atoms with van der Waals surface area (Å²) in [6.45, 7) is 4.27. The SMILES string of the molecule is CSCC(C)NC(=O)CCC1CCNC1.Cl. The van der Waals surface area contributed by atoms with Gasteiger partial charge in [0, 0.05) is 18.2 Å². The molecule has 0 saturated carbocycles. The largest absolute Gasteiger partial charge is 0.353 e. The Kier molecular flexibility index (Phi) is 9.18. The fraction of sp³-hybridized carbons (Fsp3) is 0.909. The van der Waals surface area contributed by atoms with Crippen LogP contribution in [0.25, 0.3) is 0 Å². The summed E-state index contributed by atoms with van der Waals surface area (Å²) in [6.07, 6.45) is 5.01. The average molecular weight is 267 g/mol. The normalized spacial score (nSPS) is 21.2. The van der Waals surface area contributed by atoms with Gasteiger partial charge in [0.15, 0.2) is 0 Å². The van der Waals surface area contributed by atoms with Crippen molar-refractivity contribution in [2.75, 3.05) is 25.1 Å². The van der Waals surface area contributed by atoms with Crippen molar-refractivity contribution < 1.29 is 4.79 Å². The van der Waals surface area contributed by atoms with Crippen molar-refractivity contribution in [3.8, 4) is 0 Å². The Balaban J connectivity index is 0.00000225. The van der Waals surface area contributed by atoms with Crippen LogP contribution in [0, 0.1) is 5.92 Å². The molecule has 0 aromatic rings. The average Bonchev–Trinajstić information content (AvgIpc) is 2.67. The van der Waals surface area contributed by atoms with Crippen LogP contribution < -0.4 is 10.6 Å². The molecule has 2 unspecified atom stereocenters. The summed E-state index contributed by atoms with van der Waals surface area (Å²) >= 11 is 1.77. The molecule has 96 valence electrons. The highest BCUT2D eigenvalue weighted by Gasteiger charge is 2.16. The van der Waals surface area contributed by atoms with Crippen LogP contribution in [0.5, 0.6) is 0 Å². The van der Waals surface area contributed by atoms with Crippen molar-refractivity contribution in [3.63, 3.8) is 0 Å². The Morgan fingerprint density at radius 3 is 2.94 bits per heavy atom. The van der Waals surface area contributed by atoms with Crippen molar-refractivity contribution in [2.45, 2.75) is 32.2 Å². The molecule has 2 N–H and O–H groups in total. The van der Waals surface area contributed by atoms with Crippen molar-refractivity contribution in [1.29, 1.82) is 0 Å². The Morgan fingerprint density at radius 2 is 2.38 bits per heavy atom. The summed E-state index contributed by atoms with van der Waals surface area (Å²) in [5.41, 5.74) is 0. The van der Waals surface area contributed by atoms with Gasteiger partial charge < -0.3 is 10.6 Å². The Labute approximate surface area is 109 Å². The molecule has 5 heteroatoms. The third kappa shape index (κ3) is 6.61. The third-order valence-corrected chi connectivity index (χ3v) is 3.60. The number of rotatable bonds is 6. The van der Waals surface area contributed by atoms with Gasteiger partial charge in [-0.25, -0.2) is 0 Å². The van der Waals surface area contributed by atoms with Gasteiger partial charge in [0.1, 0.15) is 0 Å². The van der Waals surface area contributed by atoms with Crippen molar-refractivity contribution in [2.24, 2.45) is 5.92 Å². The molecule has 0 aliphatic carbocycles. The third-order valence-electron chi connectivity index (χ3n) is 2.77. The highest BCUT2D eigenvalue weighted by atomic mass is 35.5. The van der Waals surface area contributed by atoms with E-state index >= 15 is 0 Å². The number of thioether (sulfide) groups is 1. The molecule has 1 aliphatic heterocycles. The van der Waals surface area contributed by atoms with E-state index in [0.717, 1.165) is 25.3 Å². The van der Waals surface area contributed by atoms with Gasteiger partial charge in [-0.3, -0.25) is 4.79 Å². The molecule has 0 bridgehead atoms. The van der Waals surface area contributed by atoms with Gasteiger partial charge in [-0.05, 0) is 45.0 Å². The zero-order valence-electron chi connectivity index (χ0n) is 10.1. The van der Waals surface area contributed by atoms with Crippen molar-refractivity contribution >= 4 is 30.1 Å². The van der Waals surface area contributed by atoms with E-state index < -0.39 is 0 Å². The zero-order chi connectivity index (χ0) is 11.1. The van der Waals surface area contributed by atoms with E-state index in [1.165, 1.54) is 6.42 Å². The number of hydrogen-bond donors (Lipinski definition) is 2. The summed E-state index contributed by atoms with van der Waals surface area (Å²) in [4.78, 5) is 11.5. The van der Waals surface area contributed by atoms with Gasteiger partial charge in [0.25, 0.3) is 0 Å². The number of hydrogen-bond acceptors (Lipinski definition) is 3. The monoisotopic (exact) mass is 266 g/mol. The lowest BCUT2D eigenvalue weighted by molar-refractivity contribution is -0.121. The molecule has 0 aromatic heterocycles. The molecule has 1 saturated heterocycles. The minimum absolute atomic E-state index is 0. The summed E-state index contributed by atoms with van der Waals surface area (Å²) in [6, 6.07) is 0.300. The van der Waals surface area contributed by atoms with E-state index in [0.29, 0.717) is 18.4 Å². The van der Waals surface area contributed by atoms with Gasteiger partial charge >= 0.3 is 0 Å². The molecule has 3 nitrogen and oxygen atoms in total. The van der Waals surface area contributed by atoms with Gasteiger partial charge in [-0.15, -0.1) is 12.4 Å². The standard InChI is InChI=1S/C11H22N2OS.ClH/c1-9(8-15-2)13-11(14)4-3-10-5-6-12-7-10;/h9-10,12H,3-8H2,1-2H3,(H,13,14);1H. The van der Waals surface area contributed by atoms with Crippen LogP contribution in [-0.2, 0) is 4.79 Å². The Hall–Kier alpha value is 0.0700. The van der Waals surface area contributed by atoms with E-state index in [2.05, 4.69) is 23.8 Å². The highest BCUT2D eigenvalue weighted by Crippen LogP contribution is 2.14. The molecule has 1 heterocycles. The van der Waals surface area contributed by atoms with Crippen molar-refractivity contribution in [1.82, 2.24) is 10.6 Å². The molecule has 0 aromatic carbocycles. The van der Waals surface area contributed by atoms with Crippen LogP contribution in [-0.4, -0.2) is 37.0 Å². The lowest BCUT2D eigenvalue weighted by Gasteiger charge is -2.13. The van der Waals surface area contributed by atoms with Crippen LogP contribution in [0.15, 0.2) is 0 Å². The molecule has 1 rings (SSSR count). The fourth-order valence-electron chi connectivity index (χ4n) is 1.93. The minimum Gasteiger partial charge on any atom is -0.353 e. The van der Waals surface area contributed by atoms with Crippen LogP contribution in [0.3, 0.4) is 0 Å². The smallest absolute Gasteiger partial charge is 0.220 e. The first-order valence-electron chi connectivity index (χ1n) is 5.71. The highest BCUT2D eigenvalue weighted by molar-refractivity contribution is 7.98. The minimum atomic E-state index is 0. The molecule has 0 spiro atoms. The maximum absolute atomic E-state index is 11.5. The first-order chi connectivity index (χ1) is 7.22. The van der Waals surface area contributed by atoms with Gasteiger partial charge in [0.2, 0.25) is 5.91 Å². The predicted octanol–water partition coefficient (Wildman–Crippen LogP) is 1.67. The van der Waals surface area contributed by atoms with Gasteiger partial charge in [0.05, 0.1) is 0 Å². The van der Waals surface area contributed by atoms with Gasteiger partial charge in [-0.1, -0.05) is 0 Å². The molecule has 1 amide bonds. The van der Waals surface area contributed by atoms with Gasteiger partial charge in [-0.2, -0.15) is 11.8 Å². The summed E-state index contributed by atoms with van der Waals surface area (Å²) in [5.74, 6) is 1.92. The second kappa shape index (κ2) is 9.14. The number of nitrogens with one attached hydrogen (secondary N) is 2. The number of carbonyl (C=O) groups is 1. The molecule has 2 atom stereocenters. The van der Waals surface area contributed by atoms with Crippen LogP contribution >= 0.6 is 24.2 Å². The molecular weight excluding hydrogens is 244 g/mol. The first kappa shape index (κ1) is 16.1. The second-order valence-corrected chi connectivity index (χ2v) is 5.23. The summed E-state index contributed by atoms with van der Waals surface area (Å²) < 4.78 is 0. The summed E-state index contributed by atoms with van der Waals surface area (Å²) in [5, 5.41) is 6.35. The molecular formula is C11H23ClN2OS. The van der Waals surface area contributed by atoms with Crippen LogP contribution in [0.4, 0.5) is 0 Å². The van der Waals surface area contributed by atoms with Crippen LogP contribution in [0.2, 0.25) is 0 Å². The Morgan fingerprint density at radius 1 is 1.62 bits per heavy atom. The molecule has 1 aliphatic rings. The lowest BCUT2D eigenvalue weighted by atomic mass is 10.0. The maximum Gasteiger partial charge on any atom is 0.220 e.